The van der Waals surface area contributed by atoms with Crippen molar-refractivity contribution in [2.24, 2.45) is 0 Å². The van der Waals surface area contributed by atoms with Crippen molar-refractivity contribution in [2.75, 3.05) is 0 Å². The quantitative estimate of drug-likeness (QED) is 0.759. The van der Waals surface area contributed by atoms with E-state index in [-0.39, 0.29) is 11.6 Å². The SMILES string of the molecule is O=c1[nH]c(O)c(-c2cccc(Cl)c2)n1CCCn1ccnc1. The second kappa shape index (κ2) is 6.11. The van der Waals surface area contributed by atoms with Gasteiger partial charge in [-0.1, -0.05) is 23.7 Å². The van der Waals surface area contributed by atoms with Crippen LogP contribution in [0.25, 0.3) is 11.3 Å². The summed E-state index contributed by atoms with van der Waals surface area (Å²) in [6.07, 6.45) is 6.05. The first kappa shape index (κ1) is 14.5. The van der Waals surface area contributed by atoms with Gasteiger partial charge in [0.2, 0.25) is 5.88 Å². The van der Waals surface area contributed by atoms with Crippen LogP contribution < -0.4 is 5.69 Å². The molecule has 0 fully saturated rings. The normalized spacial score (nSPS) is 11.0. The fourth-order valence-corrected chi connectivity index (χ4v) is 2.62. The Morgan fingerprint density at radius 2 is 2.18 bits per heavy atom. The number of aromatic hydroxyl groups is 1. The molecule has 2 aromatic heterocycles. The van der Waals surface area contributed by atoms with Gasteiger partial charge in [0.05, 0.1) is 6.33 Å². The van der Waals surface area contributed by atoms with E-state index in [1.165, 1.54) is 4.57 Å². The van der Waals surface area contributed by atoms with Crippen LogP contribution in [0.1, 0.15) is 6.42 Å². The molecule has 6 nitrogen and oxygen atoms in total. The fraction of sp³-hybridized carbons (Fsp3) is 0.200. The van der Waals surface area contributed by atoms with Crippen molar-refractivity contribution in [3.05, 3.63) is 58.5 Å². The van der Waals surface area contributed by atoms with E-state index in [9.17, 15) is 9.90 Å². The molecule has 0 aliphatic heterocycles. The zero-order chi connectivity index (χ0) is 15.5. The summed E-state index contributed by atoms with van der Waals surface area (Å²) in [7, 11) is 0. The standard InChI is InChI=1S/C15H15ClN4O2/c16-12-4-1-3-11(9-12)13-14(21)18-15(22)20(13)7-2-6-19-8-5-17-10-19/h1,3-5,8-10,21H,2,6-7H2,(H,18,22). The van der Waals surface area contributed by atoms with Crippen LogP contribution in [0.15, 0.2) is 47.8 Å². The van der Waals surface area contributed by atoms with Gasteiger partial charge in [-0.05, 0) is 18.6 Å². The number of halogens is 1. The van der Waals surface area contributed by atoms with Gasteiger partial charge in [-0.15, -0.1) is 0 Å². The molecule has 2 N–H and O–H groups in total. The lowest BCUT2D eigenvalue weighted by atomic mass is 10.1. The summed E-state index contributed by atoms with van der Waals surface area (Å²) in [6, 6.07) is 7.05. The molecule has 0 radical (unpaired) electrons. The number of aryl methyl sites for hydroxylation is 1. The molecule has 0 aliphatic carbocycles. The smallest absolute Gasteiger partial charge is 0.328 e. The summed E-state index contributed by atoms with van der Waals surface area (Å²) in [5.74, 6) is -0.144. The predicted molar refractivity (Wildman–Crippen MR) is 84.0 cm³/mol. The van der Waals surface area contributed by atoms with E-state index in [1.807, 2.05) is 10.8 Å². The van der Waals surface area contributed by atoms with E-state index in [0.717, 1.165) is 13.0 Å². The number of benzene rings is 1. The number of imidazole rings is 2. The van der Waals surface area contributed by atoms with Gasteiger partial charge in [0, 0.05) is 36.1 Å². The molecule has 3 aromatic rings. The van der Waals surface area contributed by atoms with Gasteiger partial charge in [0.1, 0.15) is 5.69 Å². The number of nitrogens with one attached hydrogen (secondary N) is 1. The highest BCUT2D eigenvalue weighted by atomic mass is 35.5. The zero-order valence-corrected chi connectivity index (χ0v) is 12.5. The summed E-state index contributed by atoms with van der Waals surface area (Å²) in [5, 5.41) is 10.6. The Labute approximate surface area is 131 Å². The van der Waals surface area contributed by atoms with Crippen LogP contribution >= 0.6 is 11.6 Å². The van der Waals surface area contributed by atoms with Crippen LogP contribution in [0, 0.1) is 0 Å². The highest BCUT2D eigenvalue weighted by Gasteiger charge is 2.15. The molecule has 7 heteroatoms. The molecule has 0 amide bonds. The van der Waals surface area contributed by atoms with Gasteiger partial charge in [-0.2, -0.15) is 0 Å². The summed E-state index contributed by atoms with van der Waals surface area (Å²) in [5.41, 5.74) is 0.821. The van der Waals surface area contributed by atoms with Crippen LogP contribution in [-0.2, 0) is 13.1 Å². The average molecular weight is 319 g/mol. The number of aromatic amines is 1. The number of rotatable bonds is 5. The van der Waals surface area contributed by atoms with Gasteiger partial charge in [-0.25, -0.2) is 9.78 Å². The Kier molecular flexibility index (Phi) is 4.02. The Morgan fingerprint density at radius 1 is 1.32 bits per heavy atom. The maximum atomic E-state index is 12.0. The van der Waals surface area contributed by atoms with Crippen molar-refractivity contribution in [1.29, 1.82) is 0 Å². The van der Waals surface area contributed by atoms with Crippen LogP contribution in [0.3, 0.4) is 0 Å². The minimum Gasteiger partial charge on any atom is -0.493 e. The van der Waals surface area contributed by atoms with E-state index < -0.39 is 0 Å². The van der Waals surface area contributed by atoms with Crippen molar-refractivity contribution in [3.63, 3.8) is 0 Å². The van der Waals surface area contributed by atoms with E-state index in [2.05, 4.69) is 9.97 Å². The lowest BCUT2D eigenvalue weighted by Crippen LogP contribution is -2.18. The van der Waals surface area contributed by atoms with Crippen LogP contribution in [-0.4, -0.2) is 24.2 Å². The highest BCUT2D eigenvalue weighted by molar-refractivity contribution is 6.30. The van der Waals surface area contributed by atoms with Gasteiger partial charge in [-0.3, -0.25) is 9.55 Å². The molecule has 0 saturated carbocycles. The van der Waals surface area contributed by atoms with E-state index in [1.54, 1.807) is 36.8 Å². The number of hydrogen-bond acceptors (Lipinski definition) is 3. The molecule has 114 valence electrons. The lowest BCUT2D eigenvalue weighted by Gasteiger charge is -2.08. The van der Waals surface area contributed by atoms with Gasteiger partial charge < -0.3 is 9.67 Å². The third-order valence-electron chi connectivity index (χ3n) is 3.42. The third kappa shape index (κ3) is 2.92. The summed E-state index contributed by atoms with van der Waals surface area (Å²) in [4.78, 5) is 18.4. The molecule has 0 spiro atoms. The van der Waals surface area contributed by atoms with E-state index in [4.69, 9.17) is 11.6 Å². The Hall–Kier alpha value is -2.47. The fourth-order valence-electron chi connectivity index (χ4n) is 2.43. The van der Waals surface area contributed by atoms with Gasteiger partial charge >= 0.3 is 5.69 Å². The first-order chi connectivity index (χ1) is 10.6. The van der Waals surface area contributed by atoms with Gasteiger partial charge in [0.25, 0.3) is 0 Å². The van der Waals surface area contributed by atoms with E-state index in [0.29, 0.717) is 22.8 Å². The second-order valence-corrected chi connectivity index (χ2v) is 5.38. The highest BCUT2D eigenvalue weighted by Crippen LogP contribution is 2.28. The largest absolute Gasteiger partial charge is 0.493 e. The molecule has 0 unspecified atom stereocenters. The zero-order valence-electron chi connectivity index (χ0n) is 11.7. The van der Waals surface area contributed by atoms with Crippen molar-refractivity contribution in [3.8, 4) is 17.1 Å². The molecular formula is C15H15ClN4O2. The monoisotopic (exact) mass is 318 g/mol. The first-order valence-corrected chi connectivity index (χ1v) is 7.26. The summed E-state index contributed by atoms with van der Waals surface area (Å²) >= 11 is 5.99. The molecule has 2 heterocycles. The van der Waals surface area contributed by atoms with E-state index >= 15 is 0 Å². The van der Waals surface area contributed by atoms with Crippen LogP contribution in [0.5, 0.6) is 5.88 Å². The average Bonchev–Trinajstić information content (AvgIpc) is 3.08. The molecule has 0 bridgehead atoms. The van der Waals surface area contributed by atoms with Crippen molar-refractivity contribution in [2.45, 2.75) is 19.5 Å². The minimum absolute atomic E-state index is 0.144. The van der Waals surface area contributed by atoms with Crippen LogP contribution in [0.2, 0.25) is 5.02 Å². The topological polar surface area (TPSA) is 75.8 Å². The maximum absolute atomic E-state index is 12.0. The van der Waals surface area contributed by atoms with Crippen molar-refractivity contribution < 1.29 is 5.11 Å². The molecule has 0 atom stereocenters. The molecule has 0 aliphatic rings. The summed E-state index contributed by atoms with van der Waals surface area (Å²) in [6.45, 7) is 1.23. The molecule has 22 heavy (non-hydrogen) atoms. The maximum Gasteiger partial charge on any atom is 0.328 e. The number of hydrogen-bond donors (Lipinski definition) is 2. The number of H-pyrrole nitrogens is 1. The predicted octanol–water partition coefficient (Wildman–Crippen LogP) is 2.49. The summed E-state index contributed by atoms with van der Waals surface area (Å²) < 4.78 is 3.47. The minimum atomic E-state index is -0.335. The molecule has 3 rings (SSSR count). The molecule has 0 saturated heterocycles. The van der Waals surface area contributed by atoms with Crippen LogP contribution in [0.4, 0.5) is 0 Å². The van der Waals surface area contributed by atoms with Crippen molar-refractivity contribution in [1.82, 2.24) is 19.1 Å². The molecular weight excluding hydrogens is 304 g/mol. The van der Waals surface area contributed by atoms with Crippen molar-refractivity contribution >= 4 is 11.6 Å². The number of nitrogens with zero attached hydrogens (tertiary/aromatic N) is 3. The Bertz CT molecular complexity index is 820. The Morgan fingerprint density at radius 3 is 2.91 bits per heavy atom. The number of aromatic nitrogens is 4. The first-order valence-electron chi connectivity index (χ1n) is 6.88. The second-order valence-electron chi connectivity index (χ2n) is 4.94. The third-order valence-corrected chi connectivity index (χ3v) is 3.66. The lowest BCUT2D eigenvalue weighted by molar-refractivity contribution is 0.457. The Balaban J connectivity index is 1.86. The molecule has 1 aromatic carbocycles. The van der Waals surface area contributed by atoms with Gasteiger partial charge in [0.15, 0.2) is 0 Å².